The standard InChI is InChI=1S/C13H14Cl2N2S/c1-2-5-16-7-10-8-18-13(17-10)9-3-4-11(14)12(15)6-9/h3-4,6,8,16H,2,5,7H2,1H3. The summed E-state index contributed by atoms with van der Waals surface area (Å²) in [6.45, 7) is 3.97. The third kappa shape index (κ3) is 3.45. The van der Waals surface area contributed by atoms with Crippen LogP contribution in [0.1, 0.15) is 19.0 Å². The molecule has 2 nitrogen and oxygen atoms in total. The van der Waals surface area contributed by atoms with E-state index in [1.807, 2.05) is 12.1 Å². The van der Waals surface area contributed by atoms with Crippen molar-refractivity contribution in [3.63, 3.8) is 0 Å². The average Bonchev–Trinajstić information content (AvgIpc) is 2.82. The highest BCUT2D eigenvalue weighted by Crippen LogP contribution is 2.30. The Bertz CT molecular complexity index is 525. The topological polar surface area (TPSA) is 24.9 Å². The maximum Gasteiger partial charge on any atom is 0.123 e. The molecular weight excluding hydrogens is 287 g/mol. The number of rotatable bonds is 5. The number of nitrogens with one attached hydrogen (secondary N) is 1. The minimum absolute atomic E-state index is 0.565. The Hall–Kier alpha value is -0.610. The summed E-state index contributed by atoms with van der Waals surface area (Å²) in [7, 11) is 0. The number of hydrogen-bond acceptors (Lipinski definition) is 3. The van der Waals surface area contributed by atoms with E-state index < -0.39 is 0 Å². The predicted octanol–water partition coefficient (Wildman–Crippen LogP) is 4.62. The molecule has 0 radical (unpaired) electrons. The van der Waals surface area contributed by atoms with Gasteiger partial charge in [-0.2, -0.15) is 0 Å². The second-order valence-electron chi connectivity index (χ2n) is 3.95. The van der Waals surface area contributed by atoms with Gasteiger partial charge in [-0.05, 0) is 25.1 Å². The van der Waals surface area contributed by atoms with E-state index in [-0.39, 0.29) is 0 Å². The Kier molecular flexibility index (Phi) is 5.01. The summed E-state index contributed by atoms with van der Waals surface area (Å²) in [4.78, 5) is 4.58. The quantitative estimate of drug-likeness (QED) is 0.815. The van der Waals surface area contributed by atoms with E-state index in [0.717, 1.165) is 35.8 Å². The van der Waals surface area contributed by atoms with Crippen LogP contribution in [0.25, 0.3) is 10.6 Å². The van der Waals surface area contributed by atoms with Crippen molar-refractivity contribution < 1.29 is 0 Å². The molecule has 2 rings (SSSR count). The Morgan fingerprint density at radius 1 is 1.28 bits per heavy atom. The van der Waals surface area contributed by atoms with Crippen molar-refractivity contribution in [2.24, 2.45) is 0 Å². The highest BCUT2D eigenvalue weighted by Gasteiger charge is 2.06. The van der Waals surface area contributed by atoms with Crippen molar-refractivity contribution in [2.45, 2.75) is 19.9 Å². The molecule has 0 saturated heterocycles. The molecule has 0 amide bonds. The fourth-order valence-corrected chi connectivity index (χ4v) is 2.66. The zero-order chi connectivity index (χ0) is 13.0. The summed E-state index contributed by atoms with van der Waals surface area (Å²) in [5, 5.41) is 7.51. The summed E-state index contributed by atoms with van der Waals surface area (Å²) >= 11 is 13.5. The fraction of sp³-hybridized carbons (Fsp3) is 0.308. The van der Waals surface area contributed by atoms with Gasteiger partial charge < -0.3 is 5.32 Å². The van der Waals surface area contributed by atoms with Crippen molar-refractivity contribution in [1.82, 2.24) is 10.3 Å². The van der Waals surface area contributed by atoms with Gasteiger partial charge in [-0.25, -0.2) is 4.98 Å². The van der Waals surface area contributed by atoms with Crippen LogP contribution in [0.3, 0.4) is 0 Å². The van der Waals surface area contributed by atoms with Gasteiger partial charge >= 0.3 is 0 Å². The Labute approximate surface area is 121 Å². The maximum atomic E-state index is 6.01. The van der Waals surface area contributed by atoms with Crippen LogP contribution in [-0.2, 0) is 6.54 Å². The highest BCUT2D eigenvalue weighted by molar-refractivity contribution is 7.13. The molecule has 0 unspecified atom stereocenters. The smallest absolute Gasteiger partial charge is 0.123 e. The monoisotopic (exact) mass is 300 g/mol. The molecule has 1 aromatic heterocycles. The highest BCUT2D eigenvalue weighted by atomic mass is 35.5. The van der Waals surface area contributed by atoms with Crippen LogP contribution in [-0.4, -0.2) is 11.5 Å². The van der Waals surface area contributed by atoms with E-state index in [0.29, 0.717) is 10.0 Å². The van der Waals surface area contributed by atoms with Gasteiger partial charge in [0, 0.05) is 17.5 Å². The molecule has 0 aliphatic rings. The SMILES string of the molecule is CCCNCc1csc(-c2ccc(Cl)c(Cl)c2)n1. The van der Waals surface area contributed by atoms with E-state index >= 15 is 0 Å². The molecule has 5 heteroatoms. The van der Waals surface area contributed by atoms with Crippen molar-refractivity contribution in [3.05, 3.63) is 39.3 Å². The lowest BCUT2D eigenvalue weighted by molar-refractivity contribution is 0.667. The molecule has 1 N–H and O–H groups in total. The van der Waals surface area contributed by atoms with Gasteiger partial charge in [0.1, 0.15) is 5.01 Å². The van der Waals surface area contributed by atoms with Crippen LogP contribution < -0.4 is 5.32 Å². The Morgan fingerprint density at radius 3 is 2.83 bits per heavy atom. The Morgan fingerprint density at radius 2 is 2.11 bits per heavy atom. The third-order valence-electron chi connectivity index (χ3n) is 2.45. The lowest BCUT2D eigenvalue weighted by Crippen LogP contribution is -2.13. The molecule has 0 fully saturated rings. The average molecular weight is 301 g/mol. The van der Waals surface area contributed by atoms with Crippen molar-refractivity contribution in [2.75, 3.05) is 6.54 Å². The van der Waals surface area contributed by atoms with Gasteiger partial charge in [0.05, 0.1) is 15.7 Å². The molecule has 0 aliphatic carbocycles. The molecule has 0 saturated carbocycles. The molecule has 0 spiro atoms. The summed E-state index contributed by atoms with van der Waals surface area (Å²) < 4.78 is 0. The number of nitrogens with zero attached hydrogens (tertiary/aromatic N) is 1. The second kappa shape index (κ2) is 6.53. The Balaban J connectivity index is 2.11. The number of benzene rings is 1. The summed E-state index contributed by atoms with van der Waals surface area (Å²) in [5.41, 5.74) is 2.07. The first kappa shape index (κ1) is 13.8. The predicted molar refractivity (Wildman–Crippen MR) is 79.6 cm³/mol. The van der Waals surface area contributed by atoms with E-state index in [1.54, 1.807) is 17.4 Å². The third-order valence-corrected chi connectivity index (χ3v) is 4.13. The van der Waals surface area contributed by atoms with Crippen molar-refractivity contribution in [1.29, 1.82) is 0 Å². The van der Waals surface area contributed by atoms with Crippen molar-refractivity contribution in [3.8, 4) is 10.6 Å². The van der Waals surface area contributed by atoms with Gasteiger partial charge in [-0.15, -0.1) is 11.3 Å². The van der Waals surface area contributed by atoms with E-state index in [1.165, 1.54) is 0 Å². The molecule has 18 heavy (non-hydrogen) atoms. The van der Waals surface area contributed by atoms with Gasteiger partial charge in [-0.3, -0.25) is 0 Å². The largest absolute Gasteiger partial charge is 0.311 e. The lowest BCUT2D eigenvalue weighted by Gasteiger charge is -2.00. The molecule has 0 aliphatic heterocycles. The zero-order valence-electron chi connectivity index (χ0n) is 10.0. The van der Waals surface area contributed by atoms with Crippen molar-refractivity contribution >= 4 is 34.5 Å². The van der Waals surface area contributed by atoms with Crippen LogP contribution in [0.5, 0.6) is 0 Å². The number of aromatic nitrogens is 1. The molecule has 1 heterocycles. The number of hydrogen-bond donors (Lipinski definition) is 1. The number of halogens is 2. The molecule has 1 aromatic carbocycles. The van der Waals surface area contributed by atoms with Gasteiger partial charge in [-0.1, -0.05) is 36.2 Å². The van der Waals surface area contributed by atoms with Gasteiger partial charge in [0.15, 0.2) is 0 Å². The first-order valence-corrected chi connectivity index (χ1v) is 7.45. The molecule has 96 valence electrons. The van der Waals surface area contributed by atoms with Crippen LogP contribution in [0.2, 0.25) is 10.0 Å². The van der Waals surface area contributed by atoms with Gasteiger partial charge in [0.2, 0.25) is 0 Å². The molecule has 0 bridgehead atoms. The van der Waals surface area contributed by atoms with E-state index in [2.05, 4.69) is 22.6 Å². The first-order chi connectivity index (χ1) is 8.70. The van der Waals surface area contributed by atoms with Crippen LogP contribution >= 0.6 is 34.5 Å². The van der Waals surface area contributed by atoms with E-state index in [4.69, 9.17) is 23.2 Å². The first-order valence-electron chi connectivity index (χ1n) is 5.81. The van der Waals surface area contributed by atoms with Crippen LogP contribution in [0, 0.1) is 0 Å². The summed E-state index contributed by atoms with van der Waals surface area (Å²) in [6.07, 6.45) is 1.13. The molecule has 2 aromatic rings. The normalized spacial score (nSPS) is 10.8. The van der Waals surface area contributed by atoms with Crippen LogP contribution in [0.4, 0.5) is 0 Å². The molecular formula is C13H14Cl2N2S. The minimum Gasteiger partial charge on any atom is -0.311 e. The van der Waals surface area contributed by atoms with Crippen LogP contribution in [0.15, 0.2) is 23.6 Å². The lowest BCUT2D eigenvalue weighted by atomic mass is 10.2. The second-order valence-corrected chi connectivity index (χ2v) is 5.62. The summed E-state index contributed by atoms with van der Waals surface area (Å²) in [6, 6.07) is 5.60. The zero-order valence-corrected chi connectivity index (χ0v) is 12.4. The minimum atomic E-state index is 0.565. The fourth-order valence-electron chi connectivity index (χ4n) is 1.54. The molecule has 0 atom stereocenters. The maximum absolute atomic E-state index is 6.01. The number of thiazole rings is 1. The summed E-state index contributed by atoms with van der Waals surface area (Å²) in [5.74, 6) is 0. The van der Waals surface area contributed by atoms with Gasteiger partial charge in [0.25, 0.3) is 0 Å². The van der Waals surface area contributed by atoms with E-state index in [9.17, 15) is 0 Å².